The highest BCUT2D eigenvalue weighted by atomic mass is 32.2. The van der Waals surface area contributed by atoms with Gasteiger partial charge in [0.25, 0.3) is 5.91 Å². The van der Waals surface area contributed by atoms with E-state index in [-0.39, 0.29) is 17.2 Å². The van der Waals surface area contributed by atoms with E-state index in [1.54, 1.807) is 0 Å². The number of amides is 1. The van der Waals surface area contributed by atoms with Crippen LogP contribution in [0.5, 0.6) is 5.75 Å². The first-order chi connectivity index (χ1) is 9.95. The van der Waals surface area contributed by atoms with Crippen LogP contribution in [0.2, 0.25) is 0 Å². The molecular formula is C12H11N3O5S. The zero-order valence-corrected chi connectivity index (χ0v) is 11.5. The number of sulfonamides is 1. The van der Waals surface area contributed by atoms with Crippen molar-refractivity contribution in [1.29, 1.82) is 0 Å². The van der Waals surface area contributed by atoms with Crippen LogP contribution < -0.4 is 15.2 Å². The molecule has 2 heterocycles. The highest BCUT2D eigenvalue weighted by Crippen LogP contribution is 2.33. The van der Waals surface area contributed by atoms with E-state index in [4.69, 9.17) is 9.88 Å². The average molecular weight is 309 g/mol. The van der Waals surface area contributed by atoms with Gasteiger partial charge in [-0.15, -0.1) is 0 Å². The first-order valence-electron chi connectivity index (χ1n) is 5.96. The third-order valence-electron chi connectivity index (χ3n) is 3.07. The number of aromatic nitrogens is 1. The van der Waals surface area contributed by atoms with Gasteiger partial charge in [-0.3, -0.25) is 4.79 Å². The first-order valence-corrected chi connectivity index (χ1v) is 7.50. The minimum absolute atomic E-state index is 0.0348. The third-order valence-corrected chi connectivity index (χ3v) is 3.98. The Labute approximate surface area is 119 Å². The Bertz CT molecular complexity index is 785. The molecule has 1 unspecified atom stereocenters. The van der Waals surface area contributed by atoms with Crippen molar-refractivity contribution in [2.45, 2.75) is 10.9 Å². The van der Waals surface area contributed by atoms with Crippen LogP contribution in [0.3, 0.4) is 0 Å². The molecule has 8 nitrogen and oxygen atoms in total. The number of rotatable bonds is 3. The predicted octanol–water partition coefficient (Wildman–Crippen LogP) is 0.186. The molecule has 3 N–H and O–H groups in total. The Morgan fingerprint density at radius 1 is 1.38 bits per heavy atom. The van der Waals surface area contributed by atoms with Gasteiger partial charge < -0.3 is 14.6 Å². The number of carbonyl (C=O) groups is 1. The fraction of sp³-hybridized carbons (Fsp3) is 0.167. The van der Waals surface area contributed by atoms with Crippen LogP contribution in [0, 0.1) is 0 Å². The molecule has 1 aromatic heterocycles. The molecule has 1 amide bonds. The number of carbonyl (C=O) groups excluding carboxylic acids is 1. The molecule has 1 aromatic carbocycles. The van der Waals surface area contributed by atoms with Crippen LogP contribution >= 0.6 is 0 Å². The lowest BCUT2D eigenvalue weighted by Crippen LogP contribution is -2.29. The van der Waals surface area contributed by atoms with Crippen molar-refractivity contribution in [3.8, 4) is 5.75 Å². The van der Waals surface area contributed by atoms with Gasteiger partial charge in [-0.25, -0.2) is 13.6 Å². The zero-order valence-electron chi connectivity index (χ0n) is 10.6. The quantitative estimate of drug-likeness (QED) is 0.833. The van der Waals surface area contributed by atoms with Gasteiger partial charge in [-0.05, 0) is 18.2 Å². The van der Waals surface area contributed by atoms with Gasteiger partial charge in [0.2, 0.25) is 10.0 Å². The highest BCUT2D eigenvalue weighted by Gasteiger charge is 2.28. The van der Waals surface area contributed by atoms with E-state index in [9.17, 15) is 13.2 Å². The summed E-state index contributed by atoms with van der Waals surface area (Å²) in [7, 11) is -3.82. The van der Waals surface area contributed by atoms with Gasteiger partial charge in [0.1, 0.15) is 18.6 Å². The number of nitrogens with two attached hydrogens (primary N) is 1. The molecule has 1 aliphatic rings. The summed E-state index contributed by atoms with van der Waals surface area (Å²) >= 11 is 0. The fourth-order valence-electron chi connectivity index (χ4n) is 2.05. The van der Waals surface area contributed by atoms with E-state index in [0.717, 1.165) is 0 Å². The molecule has 0 fully saturated rings. The van der Waals surface area contributed by atoms with Gasteiger partial charge in [0, 0.05) is 11.6 Å². The predicted molar refractivity (Wildman–Crippen MR) is 70.0 cm³/mol. The van der Waals surface area contributed by atoms with Gasteiger partial charge in [0.05, 0.1) is 10.9 Å². The maximum Gasteiger partial charge on any atom is 0.274 e. The summed E-state index contributed by atoms with van der Waals surface area (Å²) in [5, 5.41) is 11.3. The van der Waals surface area contributed by atoms with E-state index in [1.165, 1.54) is 30.5 Å². The summed E-state index contributed by atoms with van der Waals surface area (Å²) in [5.41, 5.74) is 0.685. The molecule has 0 radical (unpaired) electrons. The number of ether oxygens (including phenoxy) is 1. The van der Waals surface area contributed by atoms with Gasteiger partial charge in [-0.1, -0.05) is 5.16 Å². The Morgan fingerprint density at radius 2 is 2.19 bits per heavy atom. The van der Waals surface area contributed by atoms with Crippen LogP contribution in [-0.2, 0) is 10.0 Å². The van der Waals surface area contributed by atoms with E-state index in [1.807, 2.05) is 0 Å². The van der Waals surface area contributed by atoms with E-state index >= 15 is 0 Å². The summed E-state index contributed by atoms with van der Waals surface area (Å²) in [6.07, 6.45) is 1.28. The number of nitrogens with zero attached hydrogens (tertiary/aromatic N) is 1. The molecular weight excluding hydrogens is 298 g/mol. The maximum atomic E-state index is 11.9. The molecule has 1 atom stereocenters. The summed E-state index contributed by atoms with van der Waals surface area (Å²) in [6, 6.07) is 5.21. The number of nitrogens with one attached hydrogen (secondary N) is 1. The molecule has 2 aromatic rings. The SMILES string of the molecule is NS(=O)(=O)c1ccc2c(c1)C(NC(=O)c1ccon1)CO2. The highest BCUT2D eigenvalue weighted by molar-refractivity contribution is 7.89. The number of fused-ring (bicyclic) bond motifs is 1. The smallest absolute Gasteiger partial charge is 0.274 e. The normalized spacial score (nSPS) is 17.1. The van der Waals surface area contributed by atoms with Crippen molar-refractivity contribution >= 4 is 15.9 Å². The first kappa shape index (κ1) is 13.6. The number of hydrogen-bond donors (Lipinski definition) is 2. The van der Waals surface area contributed by atoms with Crippen molar-refractivity contribution in [1.82, 2.24) is 10.5 Å². The Balaban J connectivity index is 1.87. The van der Waals surface area contributed by atoms with Crippen LogP contribution in [-0.4, -0.2) is 26.1 Å². The van der Waals surface area contributed by atoms with Gasteiger partial charge in [-0.2, -0.15) is 0 Å². The van der Waals surface area contributed by atoms with Crippen molar-refractivity contribution in [2.24, 2.45) is 5.14 Å². The molecule has 3 rings (SSSR count). The van der Waals surface area contributed by atoms with Crippen molar-refractivity contribution in [3.05, 3.63) is 41.8 Å². The Kier molecular flexibility index (Phi) is 3.15. The lowest BCUT2D eigenvalue weighted by atomic mass is 10.1. The molecule has 110 valence electrons. The molecule has 1 aliphatic heterocycles. The molecule has 0 aliphatic carbocycles. The third kappa shape index (κ3) is 2.60. The largest absolute Gasteiger partial charge is 0.491 e. The van der Waals surface area contributed by atoms with Crippen molar-refractivity contribution in [3.63, 3.8) is 0 Å². The second-order valence-electron chi connectivity index (χ2n) is 4.47. The van der Waals surface area contributed by atoms with Crippen molar-refractivity contribution in [2.75, 3.05) is 6.61 Å². The number of benzene rings is 1. The molecule has 0 saturated heterocycles. The molecule has 0 saturated carbocycles. The number of hydrogen-bond acceptors (Lipinski definition) is 6. The van der Waals surface area contributed by atoms with E-state index in [0.29, 0.717) is 11.3 Å². The summed E-state index contributed by atoms with van der Waals surface area (Å²) in [6.45, 7) is 0.201. The van der Waals surface area contributed by atoms with Gasteiger partial charge >= 0.3 is 0 Å². The van der Waals surface area contributed by atoms with E-state index in [2.05, 4.69) is 15.0 Å². The topological polar surface area (TPSA) is 125 Å². The standard InChI is InChI=1S/C12H11N3O5S/c13-21(17,18)7-1-2-11-8(5-7)10(6-19-11)14-12(16)9-3-4-20-15-9/h1-5,10H,6H2,(H,14,16)(H2,13,17,18). The van der Waals surface area contributed by atoms with Gasteiger partial charge in [0.15, 0.2) is 5.69 Å². The molecule has 9 heteroatoms. The zero-order chi connectivity index (χ0) is 15.0. The van der Waals surface area contributed by atoms with Crippen LogP contribution in [0.15, 0.2) is 39.9 Å². The second-order valence-corrected chi connectivity index (χ2v) is 6.03. The summed E-state index contributed by atoms with van der Waals surface area (Å²) in [5.74, 6) is 0.0686. The van der Waals surface area contributed by atoms with Crippen molar-refractivity contribution < 1.29 is 22.5 Å². The Hall–Kier alpha value is -2.39. The van der Waals surface area contributed by atoms with E-state index < -0.39 is 22.0 Å². The average Bonchev–Trinajstić information content (AvgIpc) is 3.07. The van der Waals surface area contributed by atoms with Crippen LogP contribution in [0.1, 0.15) is 22.1 Å². The summed E-state index contributed by atoms with van der Waals surface area (Å²) < 4.78 is 32.7. The Morgan fingerprint density at radius 3 is 2.86 bits per heavy atom. The second kappa shape index (κ2) is 4.86. The molecule has 21 heavy (non-hydrogen) atoms. The summed E-state index contributed by atoms with van der Waals surface area (Å²) in [4.78, 5) is 11.9. The lowest BCUT2D eigenvalue weighted by molar-refractivity contribution is 0.0921. The van der Waals surface area contributed by atoms with Crippen LogP contribution in [0.25, 0.3) is 0 Å². The molecule has 0 bridgehead atoms. The van der Waals surface area contributed by atoms with Crippen LogP contribution in [0.4, 0.5) is 0 Å². The molecule has 0 spiro atoms. The lowest BCUT2D eigenvalue weighted by Gasteiger charge is -2.10. The monoisotopic (exact) mass is 309 g/mol. The number of primary sulfonamides is 1. The minimum atomic E-state index is -3.82. The maximum absolute atomic E-state index is 11.9. The fourth-order valence-corrected chi connectivity index (χ4v) is 2.60. The minimum Gasteiger partial charge on any atom is -0.491 e.